The first kappa shape index (κ1) is 13.9. The molecule has 0 amide bonds. The Hall–Kier alpha value is -2.48. The Kier molecular flexibility index (Phi) is 3.94. The number of para-hydroxylation sites is 1. The van der Waals surface area contributed by atoms with Crippen molar-refractivity contribution in [3.8, 4) is 11.5 Å². The van der Waals surface area contributed by atoms with Gasteiger partial charge in [-0.25, -0.2) is 4.79 Å². The lowest BCUT2D eigenvalue weighted by atomic mass is 10.1. The maximum absolute atomic E-state index is 11.0. The number of benzene rings is 1. The zero-order valence-electron chi connectivity index (χ0n) is 9.82. The number of halogens is 1. The molecule has 2 aromatic rings. The number of carboxylic acid groups (broad SMARTS) is 1. The molecular weight excluding hydrogens is 332 g/mol. The highest BCUT2D eigenvalue weighted by Gasteiger charge is 2.25. The van der Waals surface area contributed by atoms with Gasteiger partial charge in [0.1, 0.15) is 11.3 Å². The van der Waals surface area contributed by atoms with E-state index in [1.165, 1.54) is 24.5 Å². The molecule has 0 spiro atoms. The summed E-state index contributed by atoms with van der Waals surface area (Å²) in [5, 5.41) is 20.0. The number of aromatic carboxylic acids is 1. The van der Waals surface area contributed by atoms with E-state index in [1.807, 2.05) is 0 Å². The van der Waals surface area contributed by atoms with Gasteiger partial charge < -0.3 is 9.84 Å². The first-order valence-electron chi connectivity index (χ1n) is 5.28. The van der Waals surface area contributed by atoms with E-state index in [9.17, 15) is 14.9 Å². The Morgan fingerprint density at radius 1 is 1.40 bits per heavy atom. The zero-order valence-corrected chi connectivity index (χ0v) is 11.4. The minimum Gasteiger partial charge on any atom is -0.477 e. The predicted molar refractivity (Wildman–Crippen MR) is 72.1 cm³/mol. The van der Waals surface area contributed by atoms with Gasteiger partial charge >= 0.3 is 11.7 Å². The van der Waals surface area contributed by atoms with Crippen molar-refractivity contribution in [1.82, 2.24) is 4.98 Å². The van der Waals surface area contributed by atoms with E-state index >= 15 is 0 Å². The second-order valence-electron chi connectivity index (χ2n) is 3.66. The fourth-order valence-electron chi connectivity index (χ4n) is 1.54. The van der Waals surface area contributed by atoms with Crippen LogP contribution in [0.3, 0.4) is 0 Å². The summed E-state index contributed by atoms with van der Waals surface area (Å²) in [5.74, 6) is -1.30. The van der Waals surface area contributed by atoms with E-state index in [0.717, 1.165) is 6.07 Å². The molecule has 0 saturated carbocycles. The molecule has 0 radical (unpaired) electrons. The number of carboxylic acids is 1. The van der Waals surface area contributed by atoms with Gasteiger partial charge in [-0.1, -0.05) is 6.07 Å². The summed E-state index contributed by atoms with van der Waals surface area (Å²) >= 11 is 3.19. The fourth-order valence-corrected chi connectivity index (χ4v) is 1.88. The maximum atomic E-state index is 11.0. The molecule has 0 fully saturated rings. The Morgan fingerprint density at radius 2 is 2.15 bits per heavy atom. The number of rotatable bonds is 4. The van der Waals surface area contributed by atoms with Gasteiger partial charge in [-0.05, 0) is 34.1 Å². The smallest absolute Gasteiger partial charge is 0.342 e. The monoisotopic (exact) mass is 338 g/mol. The van der Waals surface area contributed by atoms with Gasteiger partial charge in [-0.2, -0.15) is 0 Å². The minimum absolute atomic E-state index is 0.158. The number of nitro benzene ring substituents is 1. The van der Waals surface area contributed by atoms with Crippen LogP contribution >= 0.6 is 15.9 Å². The number of aromatic nitrogens is 1. The summed E-state index contributed by atoms with van der Waals surface area (Å²) in [6.45, 7) is 0. The molecule has 20 heavy (non-hydrogen) atoms. The number of pyridine rings is 1. The lowest BCUT2D eigenvalue weighted by Crippen LogP contribution is -2.04. The van der Waals surface area contributed by atoms with E-state index in [0.29, 0.717) is 4.47 Å². The second-order valence-corrected chi connectivity index (χ2v) is 4.57. The van der Waals surface area contributed by atoms with Crippen molar-refractivity contribution in [2.45, 2.75) is 0 Å². The minimum atomic E-state index is -1.39. The van der Waals surface area contributed by atoms with Crippen LogP contribution in [-0.4, -0.2) is 21.0 Å². The van der Waals surface area contributed by atoms with Gasteiger partial charge in [0, 0.05) is 10.7 Å². The van der Waals surface area contributed by atoms with Gasteiger partial charge in [0.15, 0.2) is 0 Å². The van der Waals surface area contributed by atoms with Crippen LogP contribution in [0.5, 0.6) is 11.5 Å². The van der Waals surface area contributed by atoms with Crippen LogP contribution in [0.15, 0.2) is 41.1 Å². The zero-order chi connectivity index (χ0) is 14.7. The third kappa shape index (κ3) is 2.91. The second kappa shape index (κ2) is 5.66. The van der Waals surface area contributed by atoms with Crippen molar-refractivity contribution >= 4 is 27.6 Å². The number of nitrogens with zero attached hydrogens (tertiary/aromatic N) is 2. The molecule has 2 rings (SSSR count). The first-order valence-corrected chi connectivity index (χ1v) is 6.07. The molecule has 1 aromatic carbocycles. The number of hydrogen-bond donors (Lipinski definition) is 1. The summed E-state index contributed by atoms with van der Waals surface area (Å²) < 4.78 is 5.98. The number of nitro groups is 1. The van der Waals surface area contributed by atoms with Crippen LogP contribution in [0.4, 0.5) is 5.69 Å². The van der Waals surface area contributed by atoms with E-state index in [2.05, 4.69) is 20.9 Å². The summed E-state index contributed by atoms with van der Waals surface area (Å²) in [5.41, 5.74) is -1.03. The van der Waals surface area contributed by atoms with Crippen molar-refractivity contribution in [3.05, 3.63) is 56.8 Å². The Morgan fingerprint density at radius 3 is 2.75 bits per heavy atom. The Labute approximate surface area is 121 Å². The van der Waals surface area contributed by atoms with Crippen molar-refractivity contribution in [3.63, 3.8) is 0 Å². The lowest BCUT2D eigenvalue weighted by Gasteiger charge is -2.07. The molecule has 1 N–H and O–H groups in total. The standard InChI is InChI=1S/C12H7BrN2O5/c13-7-4-8(6-14-5-7)20-10-3-1-2-9(12(16)17)11(10)15(18)19/h1-6H,(H,16,17). The van der Waals surface area contributed by atoms with Crippen molar-refractivity contribution in [2.24, 2.45) is 0 Å². The summed E-state index contributed by atoms with van der Waals surface area (Å²) in [6.07, 6.45) is 2.89. The lowest BCUT2D eigenvalue weighted by molar-refractivity contribution is -0.386. The highest BCUT2D eigenvalue weighted by Crippen LogP contribution is 2.34. The van der Waals surface area contributed by atoms with E-state index in [1.54, 1.807) is 6.07 Å². The number of hydrogen-bond acceptors (Lipinski definition) is 5. The van der Waals surface area contributed by atoms with E-state index in [-0.39, 0.29) is 11.5 Å². The van der Waals surface area contributed by atoms with Crippen LogP contribution in [0.25, 0.3) is 0 Å². The van der Waals surface area contributed by atoms with Crippen LogP contribution in [0.2, 0.25) is 0 Å². The summed E-state index contributed by atoms with van der Waals surface area (Å²) in [4.78, 5) is 25.1. The Balaban J connectivity index is 2.49. The van der Waals surface area contributed by atoms with Crippen LogP contribution < -0.4 is 4.74 Å². The van der Waals surface area contributed by atoms with Gasteiger partial charge in [0.25, 0.3) is 0 Å². The SMILES string of the molecule is O=C(O)c1cccc(Oc2cncc(Br)c2)c1[N+](=O)[O-]. The largest absolute Gasteiger partial charge is 0.477 e. The van der Waals surface area contributed by atoms with E-state index in [4.69, 9.17) is 9.84 Å². The fraction of sp³-hybridized carbons (Fsp3) is 0. The van der Waals surface area contributed by atoms with Crippen LogP contribution in [0.1, 0.15) is 10.4 Å². The van der Waals surface area contributed by atoms with E-state index < -0.39 is 22.1 Å². The van der Waals surface area contributed by atoms with Gasteiger partial charge in [-0.15, -0.1) is 0 Å². The molecule has 0 atom stereocenters. The molecule has 0 unspecified atom stereocenters. The average molecular weight is 339 g/mol. The van der Waals surface area contributed by atoms with Gasteiger partial charge in [-0.3, -0.25) is 15.1 Å². The molecule has 7 nitrogen and oxygen atoms in total. The van der Waals surface area contributed by atoms with Crippen molar-refractivity contribution < 1.29 is 19.6 Å². The molecule has 0 aliphatic heterocycles. The third-order valence-corrected chi connectivity index (χ3v) is 2.75. The molecule has 8 heteroatoms. The summed E-state index contributed by atoms with van der Waals surface area (Å²) in [6, 6.07) is 5.40. The number of ether oxygens (including phenoxy) is 1. The third-order valence-electron chi connectivity index (χ3n) is 2.32. The maximum Gasteiger partial charge on any atom is 0.342 e. The van der Waals surface area contributed by atoms with Crippen LogP contribution in [-0.2, 0) is 0 Å². The molecule has 0 bridgehead atoms. The number of carbonyl (C=O) groups is 1. The molecule has 102 valence electrons. The van der Waals surface area contributed by atoms with Crippen molar-refractivity contribution in [1.29, 1.82) is 0 Å². The average Bonchev–Trinajstić information content (AvgIpc) is 2.38. The van der Waals surface area contributed by atoms with Gasteiger partial charge in [0.05, 0.1) is 11.1 Å². The van der Waals surface area contributed by atoms with Gasteiger partial charge in [0.2, 0.25) is 5.75 Å². The molecule has 0 aliphatic carbocycles. The van der Waals surface area contributed by atoms with Crippen LogP contribution in [0, 0.1) is 10.1 Å². The molecule has 1 heterocycles. The quantitative estimate of drug-likeness (QED) is 0.678. The Bertz CT molecular complexity index is 689. The molecule has 0 aliphatic rings. The molecular formula is C12H7BrN2O5. The highest BCUT2D eigenvalue weighted by molar-refractivity contribution is 9.10. The normalized spacial score (nSPS) is 10.1. The predicted octanol–water partition coefficient (Wildman–Crippen LogP) is 3.24. The highest BCUT2D eigenvalue weighted by atomic mass is 79.9. The topological polar surface area (TPSA) is 103 Å². The summed E-state index contributed by atoms with van der Waals surface area (Å²) in [7, 11) is 0. The molecule has 0 saturated heterocycles. The molecule has 1 aromatic heterocycles. The first-order chi connectivity index (χ1) is 9.49. The van der Waals surface area contributed by atoms with Crippen molar-refractivity contribution in [2.75, 3.05) is 0 Å².